The van der Waals surface area contributed by atoms with Crippen LogP contribution in [0, 0.1) is 5.92 Å². The fraction of sp³-hybridized carbons (Fsp3) is 0.929. The number of carbonyl (C=O) groups is 1. The maximum Gasteiger partial charge on any atom is 0.251 e. The van der Waals surface area contributed by atoms with Gasteiger partial charge in [-0.15, -0.1) is 0 Å². The first kappa shape index (κ1) is 13.8. The number of ether oxygens (including phenoxy) is 1. The molecule has 2 aliphatic rings. The second kappa shape index (κ2) is 6.53. The zero-order chi connectivity index (χ0) is 13.0. The Balaban J connectivity index is 1.85. The van der Waals surface area contributed by atoms with E-state index in [1.807, 2.05) is 11.8 Å². The van der Waals surface area contributed by atoms with Crippen molar-refractivity contribution < 1.29 is 9.53 Å². The molecule has 1 heterocycles. The Bertz CT molecular complexity index is 277. The van der Waals surface area contributed by atoms with Crippen LogP contribution in [0.3, 0.4) is 0 Å². The van der Waals surface area contributed by atoms with Gasteiger partial charge >= 0.3 is 0 Å². The molecule has 2 rings (SSSR count). The average Bonchev–Trinajstić information content (AvgIpc) is 3.06. The molecule has 2 unspecified atom stereocenters. The Morgan fingerprint density at radius 2 is 2.11 bits per heavy atom. The molecule has 0 bridgehead atoms. The van der Waals surface area contributed by atoms with E-state index in [0.717, 1.165) is 38.8 Å². The van der Waals surface area contributed by atoms with Gasteiger partial charge < -0.3 is 15.4 Å². The van der Waals surface area contributed by atoms with Gasteiger partial charge in [-0.1, -0.05) is 19.8 Å². The predicted molar refractivity (Wildman–Crippen MR) is 71.2 cm³/mol. The van der Waals surface area contributed by atoms with Crippen LogP contribution in [0.2, 0.25) is 0 Å². The topological polar surface area (TPSA) is 55.6 Å². The molecular weight excluding hydrogens is 228 g/mol. The minimum absolute atomic E-state index is 0.181. The quantitative estimate of drug-likeness (QED) is 0.809. The summed E-state index contributed by atoms with van der Waals surface area (Å²) in [6.45, 7) is 4.39. The van der Waals surface area contributed by atoms with E-state index in [2.05, 4.69) is 0 Å². The predicted octanol–water partition coefficient (Wildman–Crippen LogP) is 1.53. The van der Waals surface area contributed by atoms with Gasteiger partial charge in [-0.2, -0.15) is 0 Å². The minimum Gasteiger partial charge on any atom is -0.365 e. The number of nitrogens with zero attached hydrogens (tertiary/aromatic N) is 1. The zero-order valence-corrected chi connectivity index (χ0v) is 11.4. The summed E-state index contributed by atoms with van der Waals surface area (Å²) in [6.07, 6.45) is 6.63. The van der Waals surface area contributed by atoms with E-state index in [1.54, 1.807) is 0 Å². The molecule has 4 heteroatoms. The first-order chi connectivity index (χ1) is 8.74. The van der Waals surface area contributed by atoms with E-state index in [4.69, 9.17) is 10.5 Å². The smallest absolute Gasteiger partial charge is 0.251 e. The van der Waals surface area contributed by atoms with Crippen LogP contribution in [0.15, 0.2) is 0 Å². The molecule has 4 nitrogen and oxygen atoms in total. The Kier molecular flexibility index (Phi) is 5.01. The Morgan fingerprint density at radius 1 is 1.39 bits per heavy atom. The third kappa shape index (κ3) is 3.23. The zero-order valence-electron chi connectivity index (χ0n) is 11.4. The van der Waals surface area contributed by atoms with Crippen molar-refractivity contribution in [3.05, 3.63) is 0 Å². The van der Waals surface area contributed by atoms with Gasteiger partial charge in [0.05, 0.1) is 6.10 Å². The van der Waals surface area contributed by atoms with Gasteiger partial charge in [-0.3, -0.25) is 4.79 Å². The largest absolute Gasteiger partial charge is 0.365 e. The molecule has 18 heavy (non-hydrogen) atoms. The van der Waals surface area contributed by atoms with Crippen molar-refractivity contribution in [1.29, 1.82) is 0 Å². The van der Waals surface area contributed by atoms with Gasteiger partial charge in [0.2, 0.25) is 0 Å². The SMILES string of the molecule is CCC(OC1CCCC1)C(=O)N1CCC(CN)C1. The van der Waals surface area contributed by atoms with Crippen molar-refractivity contribution >= 4 is 5.91 Å². The molecule has 1 aliphatic carbocycles. The van der Waals surface area contributed by atoms with E-state index < -0.39 is 0 Å². The number of hydrogen-bond donors (Lipinski definition) is 1. The summed E-state index contributed by atoms with van der Waals surface area (Å²) in [4.78, 5) is 14.3. The number of rotatable bonds is 5. The van der Waals surface area contributed by atoms with E-state index in [-0.39, 0.29) is 12.0 Å². The summed E-state index contributed by atoms with van der Waals surface area (Å²) < 4.78 is 5.98. The monoisotopic (exact) mass is 254 g/mol. The third-order valence-electron chi connectivity index (χ3n) is 4.24. The van der Waals surface area contributed by atoms with Gasteiger partial charge in [0, 0.05) is 13.1 Å². The number of amides is 1. The Labute approximate surface area is 110 Å². The lowest BCUT2D eigenvalue weighted by molar-refractivity contribution is -0.146. The van der Waals surface area contributed by atoms with Crippen LogP contribution in [0.4, 0.5) is 0 Å². The lowest BCUT2D eigenvalue weighted by Crippen LogP contribution is -2.40. The van der Waals surface area contributed by atoms with Crippen LogP contribution < -0.4 is 5.73 Å². The second-order valence-electron chi connectivity index (χ2n) is 5.61. The van der Waals surface area contributed by atoms with E-state index in [9.17, 15) is 4.79 Å². The highest BCUT2D eigenvalue weighted by Crippen LogP contribution is 2.24. The first-order valence-electron chi connectivity index (χ1n) is 7.39. The summed E-state index contributed by atoms with van der Waals surface area (Å²) in [6, 6.07) is 0. The van der Waals surface area contributed by atoms with Crippen LogP contribution in [-0.4, -0.2) is 42.6 Å². The molecule has 0 radical (unpaired) electrons. The first-order valence-corrected chi connectivity index (χ1v) is 7.39. The standard InChI is InChI=1S/C14H26N2O2/c1-2-13(18-12-5-3-4-6-12)14(17)16-8-7-11(9-15)10-16/h11-13H,2-10,15H2,1H3. The molecule has 2 fully saturated rings. The molecule has 1 amide bonds. The van der Waals surface area contributed by atoms with Gasteiger partial charge in [-0.25, -0.2) is 0 Å². The molecule has 2 N–H and O–H groups in total. The number of carbonyl (C=O) groups excluding carboxylic acids is 1. The highest BCUT2D eigenvalue weighted by Gasteiger charge is 2.31. The molecule has 1 aliphatic heterocycles. The maximum absolute atomic E-state index is 12.4. The summed E-state index contributed by atoms with van der Waals surface area (Å²) in [7, 11) is 0. The number of hydrogen-bond acceptors (Lipinski definition) is 3. The average molecular weight is 254 g/mol. The van der Waals surface area contributed by atoms with Crippen molar-refractivity contribution in [2.75, 3.05) is 19.6 Å². The van der Waals surface area contributed by atoms with Crippen LogP contribution in [-0.2, 0) is 9.53 Å². The van der Waals surface area contributed by atoms with E-state index in [1.165, 1.54) is 12.8 Å². The van der Waals surface area contributed by atoms with Crippen LogP contribution in [0.1, 0.15) is 45.4 Å². The van der Waals surface area contributed by atoms with E-state index in [0.29, 0.717) is 18.6 Å². The fourth-order valence-corrected chi connectivity index (χ4v) is 3.01. The summed E-state index contributed by atoms with van der Waals surface area (Å²) in [5.74, 6) is 0.665. The van der Waals surface area contributed by atoms with Crippen molar-refractivity contribution in [2.45, 2.75) is 57.7 Å². The number of likely N-dealkylation sites (tertiary alicyclic amines) is 1. The van der Waals surface area contributed by atoms with E-state index >= 15 is 0 Å². The summed E-state index contributed by atoms with van der Waals surface area (Å²) in [5.41, 5.74) is 5.67. The molecule has 0 aromatic heterocycles. The normalized spacial score (nSPS) is 26.8. The minimum atomic E-state index is -0.232. The molecule has 0 spiro atoms. The lowest BCUT2D eigenvalue weighted by atomic mass is 10.1. The van der Waals surface area contributed by atoms with Crippen LogP contribution in [0.5, 0.6) is 0 Å². The third-order valence-corrected chi connectivity index (χ3v) is 4.24. The molecule has 0 aromatic carbocycles. The van der Waals surface area contributed by atoms with Crippen molar-refractivity contribution in [3.8, 4) is 0 Å². The molecule has 104 valence electrons. The van der Waals surface area contributed by atoms with Crippen molar-refractivity contribution in [3.63, 3.8) is 0 Å². The van der Waals surface area contributed by atoms with Gasteiger partial charge in [0.1, 0.15) is 6.10 Å². The van der Waals surface area contributed by atoms with Crippen LogP contribution in [0.25, 0.3) is 0 Å². The molecule has 2 atom stereocenters. The summed E-state index contributed by atoms with van der Waals surface area (Å²) >= 11 is 0. The van der Waals surface area contributed by atoms with Crippen molar-refractivity contribution in [2.24, 2.45) is 11.7 Å². The maximum atomic E-state index is 12.4. The lowest BCUT2D eigenvalue weighted by Gasteiger charge is -2.25. The summed E-state index contributed by atoms with van der Waals surface area (Å²) in [5, 5.41) is 0. The van der Waals surface area contributed by atoms with Crippen LogP contribution >= 0.6 is 0 Å². The Morgan fingerprint density at radius 3 is 2.67 bits per heavy atom. The highest BCUT2D eigenvalue weighted by atomic mass is 16.5. The van der Waals surface area contributed by atoms with Crippen molar-refractivity contribution in [1.82, 2.24) is 4.90 Å². The molecule has 1 saturated heterocycles. The molecular formula is C14H26N2O2. The fourth-order valence-electron chi connectivity index (χ4n) is 3.01. The van der Waals surface area contributed by atoms with Gasteiger partial charge in [0.25, 0.3) is 5.91 Å². The number of nitrogens with two attached hydrogens (primary N) is 1. The molecule has 1 saturated carbocycles. The molecule has 0 aromatic rings. The Hall–Kier alpha value is -0.610. The van der Waals surface area contributed by atoms with Gasteiger partial charge in [0.15, 0.2) is 0 Å². The highest BCUT2D eigenvalue weighted by molar-refractivity contribution is 5.81. The second-order valence-corrected chi connectivity index (χ2v) is 5.61. The van der Waals surface area contributed by atoms with Gasteiger partial charge in [-0.05, 0) is 38.1 Å².